The second-order valence-electron chi connectivity index (χ2n) is 5.02. The summed E-state index contributed by atoms with van der Waals surface area (Å²) in [7, 11) is 1.75. The van der Waals surface area contributed by atoms with Crippen LogP contribution in [0.4, 0.5) is 4.39 Å². The van der Waals surface area contributed by atoms with E-state index in [2.05, 4.69) is 5.32 Å². The van der Waals surface area contributed by atoms with Crippen LogP contribution in [-0.4, -0.2) is 55.1 Å². The van der Waals surface area contributed by atoms with Crippen LogP contribution in [0.3, 0.4) is 0 Å². The molecule has 0 saturated carbocycles. The standard InChI is InChI=1S/C15H21FN2O2S.ClH/c1-18(15(19)10-12-11-21-9-6-17-12)7-8-20-14-5-3-2-4-13(14)16;/h2-5,12,17H,6-11H2,1H3;1H. The molecule has 1 fully saturated rings. The van der Waals surface area contributed by atoms with Crippen molar-refractivity contribution in [2.75, 3.05) is 38.2 Å². The van der Waals surface area contributed by atoms with Gasteiger partial charge in [-0.2, -0.15) is 11.8 Å². The molecule has 0 bridgehead atoms. The first-order valence-electron chi connectivity index (χ1n) is 7.09. The molecule has 1 unspecified atom stereocenters. The molecule has 1 saturated heterocycles. The van der Waals surface area contributed by atoms with E-state index in [1.54, 1.807) is 30.1 Å². The molecule has 124 valence electrons. The molecule has 0 radical (unpaired) electrons. The Morgan fingerprint density at radius 2 is 2.27 bits per heavy atom. The Morgan fingerprint density at radius 1 is 1.50 bits per heavy atom. The maximum atomic E-state index is 13.4. The zero-order valence-electron chi connectivity index (χ0n) is 12.6. The van der Waals surface area contributed by atoms with Gasteiger partial charge in [-0.15, -0.1) is 12.4 Å². The minimum Gasteiger partial charge on any atom is -0.489 e. The molecule has 4 nitrogen and oxygen atoms in total. The number of likely N-dealkylation sites (N-methyl/N-ethyl adjacent to an activating group) is 1. The van der Waals surface area contributed by atoms with Gasteiger partial charge in [0.1, 0.15) is 6.61 Å². The minimum absolute atomic E-state index is 0. The van der Waals surface area contributed by atoms with Crippen molar-refractivity contribution in [3.05, 3.63) is 30.1 Å². The number of nitrogens with one attached hydrogen (secondary N) is 1. The van der Waals surface area contributed by atoms with Crippen LogP contribution >= 0.6 is 24.2 Å². The molecule has 1 aromatic carbocycles. The quantitative estimate of drug-likeness (QED) is 0.855. The lowest BCUT2D eigenvalue weighted by atomic mass is 10.2. The molecule has 7 heteroatoms. The van der Waals surface area contributed by atoms with Gasteiger partial charge in [-0.05, 0) is 12.1 Å². The zero-order chi connectivity index (χ0) is 15.1. The molecule has 2 rings (SSSR count). The van der Waals surface area contributed by atoms with Gasteiger partial charge in [0.25, 0.3) is 0 Å². The van der Waals surface area contributed by atoms with Gasteiger partial charge in [-0.25, -0.2) is 4.39 Å². The Kier molecular flexibility index (Phi) is 8.60. The number of nitrogens with zero attached hydrogens (tertiary/aromatic N) is 1. The molecule has 0 aromatic heterocycles. The lowest BCUT2D eigenvalue weighted by Crippen LogP contribution is -2.42. The van der Waals surface area contributed by atoms with Gasteiger partial charge in [0.2, 0.25) is 5.91 Å². The summed E-state index contributed by atoms with van der Waals surface area (Å²) in [5.74, 6) is 2.02. The highest BCUT2D eigenvalue weighted by Crippen LogP contribution is 2.15. The predicted octanol–water partition coefficient (Wildman–Crippen LogP) is 2.18. The summed E-state index contributed by atoms with van der Waals surface area (Å²) in [5, 5.41) is 3.35. The van der Waals surface area contributed by atoms with Crippen LogP contribution in [0.25, 0.3) is 0 Å². The Labute approximate surface area is 141 Å². The summed E-state index contributed by atoms with van der Waals surface area (Å²) in [4.78, 5) is 13.7. The third kappa shape index (κ3) is 6.02. The maximum absolute atomic E-state index is 13.4. The largest absolute Gasteiger partial charge is 0.489 e. The van der Waals surface area contributed by atoms with E-state index in [4.69, 9.17) is 4.74 Å². The normalized spacial score (nSPS) is 17.5. The van der Waals surface area contributed by atoms with E-state index in [-0.39, 0.29) is 42.5 Å². The fraction of sp³-hybridized carbons (Fsp3) is 0.533. The number of halogens is 2. The van der Waals surface area contributed by atoms with Crippen molar-refractivity contribution >= 4 is 30.1 Å². The molecule has 1 atom stereocenters. The van der Waals surface area contributed by atoms with Gasteiger partial charge in [0.15, 0.2) is 11.6 Å². The number of para-hydroxylation sites is 1. The van der Waals surface area contributed by atoms with Crippen LogP contribution in [0.2, 0.25) is 0 Å². The summed E-state index contributed by atoms with van der Waals surface area (Å²) >= 11 is 1.87. The highest BCUT2D eigenvalue weighted by Gasteiger charge is 2.19. The van der Waals surface area contributed by atoms with E-state index in [0.717, 1.165) is 18.1 Å². The first-order valence-corrected chi connectivity index (χ1v) is 8.24. The van der Waals surface area contributed by atoms with Crippen molar-refractivity contribution in [1.82, 2.24) is 10.2 Å². The van der Waals surface area contributed by atoms with Crippen molar-refractivity contribution in [2.24, 2.45) is 0 Å². The van der Waals surface area contributed by atoms with E-state index in [9.17, 15) is 9.18 Å². The van der Waals surface area contributed by atoms with Crippen LogP contribution in [0.15, 0.2) is 24.3 Å². The van der Waals surface area contributed by atoms with Crippen molar-refractivity contribution in [3.8, 4) is 5.75 Å². The summed E-state index contributed by atoms with van der Waals surface area (Å²) in [5.41, 5.74) is 0. The Bertz CT molecular complexity index is 473. The van der Waals surface area contributed by atoms with Crippen molar-refractivity contribution in [2.45, 2.75) is 12.5 Å². The topological polar surface area (TPSA) is 41.6 Å². The molecule has 1 amide bonds. The number of carbonyl (C=O) groups is 1. The number of hydrogen-bond donors (Lipinski definition) is 1. The third-order valence-corrected chi connectivity index (χ3v) is 4.50. The van der Waals surface area contributed by atoms with Crippen molar-refractivity contribution in [3.63, 3.8) is 0 Å². The van der Waals surface area contributed by atoms with Gasteiger partial charge in [0.05, 0.1) is 6.54 Å². The first-order chi connectivity index (χ1) is 10.2. The summed E-state index contributed by atoms with van der Waals surface area (Å²) < 4.78 is 18.7. The van der Waals surface area contributed by atoms with Crippen molar-refractivity contribution in [1.29, 1.82) is 0 Å². The van der Waals surface area contributed by atoms with Gasteiger partial charge in [-0.1, -0.05) is 12.1 Å². The second kappa shape index (κ2) is 9.92. The van der Waals surface area contributed by atoms with E-state index in [0.29, 0.717) is 13.0 Å². The van der Waals surface area contributed by atoms with Crippen LogP contribution in [0.5, 0.6) is 5.75 Å². The van der Waals surface area contributed by atoms with E-state index < -0.39 is 0 Å². The number of rotatable bonds is 6. The van der Waals surface area contributed by atoms with Crippen LogP contribution < -0.4 is 10.1 Å². The number of hydrogen-bond acceptors (Lipinski definition) is 4. The monoisotopic (exact) mass is 348 g/mol. The van der Waals surface area contributed by atoms with Crippen molar-refractivity contribution < 1.29 is 13.9 Å². The highest BCUT2D eigenvalue weighted by atomic mass is 35.5. The summed E-state index contributed by atoms with van der Waals surface area (Å²) in [6, 6.07) is 6.54. The third-order valence-electron chi connectivity index (χ3n) is 3.37. The maximum Gasteiger partial charge on any atom is 0.224 e. The van der Waals surface area contributed by atoms with Gasteiger partial charge >= 0.3 is 0 Å². The molecule has 1 aliphatic rings. The number of thioether (sulfide) groups is 1. The average Bonchev–Trinajstić information content (AvgIpc) is 2.50. The zero-order valence-corrected chi connectivity index (χ0v) is 14.2. The first kappa shape index (κ1) is 19.1. The molecule has 22 heavy (non-hydrogen) atoms. The number of carbonyl (C=O) groups excluding carboxylic acids is 1. The SMILES string of the molecule is CN(CCOc1ccccc1F)C(=O)CC1CSCCN1.Cl. The molecular weight excluding hydrogens is 327 g/mol. The Balaban J connectivity index is 0.00000242. The Morgan fingerprint density at radius 3 is 2.95 bits per heavy atom. The minimum atomic E-state index is -0.380. The Hall–Kier alpha value is -0.980. The molecular formula is C15H22ClFN2O2S. The van der Waals surface area contributed by atoms with Crippen LogP contribution in [-0.2, 0) is 4.79 Å². The van der Waals surface area contributed by atoms with Crippen LogP contribution in [0, 0.1) is 5.82 Å². The molecule has 1 N–H and O–H groups in total. The van der Waals surface area contributed by atoms with E-state index in [1.165, 1.54) is 6.07 Å². The van der Waals surface area contributed by atoms with Crippen LogP contribution in [0.1, 0.15) is 6.42 Å². The average molecular weight is 349 g/mol. The molecule has 1 aliphatic heterocycles. The predicted molar refractivity (Wildman–Crippen MR) is 90.5 cm³/mol. The van der Waals surface area contributed by atoms with Gasteiger partial charge in [0, 0.05) is 37.6 Å². The lowest BCUT2D eigenvalue weighted by molar-refractivity contribution is -0.130. The molecule has 1 heterocycles. The lowest BCUT2D eigenvalue weighted by Gasteiger charge is -2.25. The second-order valence-corrected chi connectivity index (χ2v) is 6.17. The number of amides is 1. The number of ether oxygens (including phenoxy) is 1. The summed E-state index contributed by atoms with van der Waals surface area (Å²) in [6.07, 6.45) is 0.503. The molecule has 0 spiro atoms. The summed E-state index contributed by atoms with van der Waals surface area (Å²) in [6.45, 7) is 1.70. The number of benzene rings is 1. The fourth-order valence-electron chi connectivity index (χ4n) is 2.10. The highest BCUT2D eigenvalue weighted by molar-refractivity contribution is 7.99. The smallest absolute Gasteiger partial charge is 0.224 e. The van der Waals surface area contributed by atoms with E-state index in [1.807, 2.05) is 11.8 Å². The fourth-order valence-corrected chi connectivity index (χ4v) is 3.05. The van der Waals surface area contributed by atoms with Gasteiger partial charge < -0.3 is 15.0 Å². The molecule has 1 aromatic rings. The van der Waals surface area contributed by atoms with E-state index >= 15 is 0 Å². The van der Waals surface area contributed by atoms with Gasteiger partial charge in [-0.3, -0.25) is 4.79 Å². The molecule has 0 aliphatic carbocycles.